The monoisotopic (exact) mass is 638 g/mol. The van der Waals surface area contributed by atoms with E-state index in [0.717, 1.165) is 30.4 Å². The number of nitrogens with zero attached hydrogens (tertiary/aromatic N) is 4. The topological polar surface area (TPSA) is 120 Å². The number of methoxy groups -OCH3 is 4. The second-order valence-electron chi connectivity index (χ2n) is 9.99. The minimum absolute atomic E-state index is 0.149. The lowest BCUT2D eigenvalue weighted by Crippen LogP contribution is -2.32. The molecular weight excluding hydrogens is 604 g/mol. The molecule has 13 heteroatoms. The van der Waals surface area contributed by atoms with Gasteiger partial charge >= 0.3 is 0 Å². The van der Waals surface area contributed by atoms with Crippen molar-refractivity contribution in [1.29, 1.82) is 0 Å². The molecule has 1 aromatic heterocycles. The van der Waals surface area contributed by atoms with Gasteiger partial charge in [-0.1, -0.05) is 24.2 Å². The van der Waals surface area contributed by atoms with Crippen LogP contribution in [0.15, 0.2) is 64.6 Å². The predicted octanol–water partition coefficient (Wildman–Crippen LogP) is 5.58. The first-order chi connectivity index (χ1) is 21.3. The Morgan fingerprint density at radius 2 is 1.55 bits per heavy atom. The average Bonchev–Trinajstić information content (AvgIpc) is 3.26. The molecule has 0 unspecified atom stereocenters. The SMILES string of the molecule is COc1ccc2nc(N(/N=C/c3cc(OC)c(OC)c(OC)c3)C(=O)c3ccc(S(=O)(=O)N4CCCCCC4)cc3)sc2c1. The van der Waals surface area contributed by atoms with Gasteiger partial charge in [-0.05, 0) is 67.4 Å². The number of amides is 1. The van der Waals surface area contributed by atoms with E-state index in [-0.39, 0.29) is 10.5 Å². The first-order valence-corrected chi connectivity index (χ1v) is 16.3. The van der Waals surface area contributed by atoms with E-state index in [1.807, 2.05) is 12.1 Å². The van der Waals surface area contributed by atoms with Crippen LogP contribution in [-0.2, 0) is 10.0 Å². The number of sulfonamides is 1. The van der Waals surface area contributed by atoms with Gasteiger partial charge in [-0.3, -0.25) is 4.79 Å². The molecule has 4 aromatic rings. The van der Waals surface area contributed by atoms with Crippen molar-refractivity contribution >= 4 is 48.8 Å². The zero-order valence-electron chi connectivity index (χ0n) is 25.0. The molecule has 0 saturated carbocycles. The van der Waals surface area contributed by atoms with Crippen LogP contribution in [0.5, 0.6) is 23.0 Å². The van der Waals surface area contributed by atoms with Crippen molar-refractivity contribution in [2.24, 2.45) is 5.10 Å². The second kappa shape index (κ2) is 13.6. The normalized spacial score (nSPS) is 14.4. The fourth-order valence-corrected chi connectivity index (χ4v) is 7.39. The number of ether oxygens (including phenoxy) is 4. The number of hydrogen-bond acceptors (Lipinski definition) is 10. The summed E-state index contributed by atoms with van der Waals surface area (Å²) in [7, 11) is 2.46. The first-order valence-electron chi connectivity index (χ1n) is 14.0. The largest absolute Gasteiger partial charge is 0.497 e. The number of carbonyl (C=O) groups is 1. The smallest absolute Gasteiger partial charge is 0.280 e. The lowest BCUT2D eigenvalue weighted by atomic mass is 10.2. The summed E-state index contributed by atoms with van der Waals surface area (Å²) in [4.78, 5) is 18.7. The third-order valence-electron chi connectivity index (χ3n) is 7.27. The first kappa shape index (κ1) is 31.2. The minimum atomic E-state index is -3.67. The third kappa shape index (κ3) is 6.49. The highest BCUT2D eigenvalue weighted by Gasteiger charge is 2.27. The Labute approximate surface area is 260 Å². The van der Waals surface area contributed by atoms with Gasteiger partial charge in [0.15, 0.2) is 11.5 Å². The molecule has 5 rings (SSSR count). The quantitative estimate of drug-likeness (QED) is 0.163. The predicted molar refractivity (Wildman–Crippen MR) is 170 cm³/mol. The Bertz CT molecular complexity index is 1740. The van der Waals surface area contributed by atoms with E-state index in [9.17, 15) is 13.2 Å². The van der Waals surface area contributed by atoms with Crippen molar-refractivity contribution < 1.29 is 32.2 Å². The molecule has 232 valence electrons. The summed E-state index contributed by atoms with van der Waals surface area (Å²) in [5.74, 6) is 1.46. The Morgan fingerprint density at radius 1 is 0.886 bits per heavy atom. The molecule has 0 atom stereocenters. The summed E-state index contributed by atoms with van der Waals surface area (Å²) < 4.78 is 50.6. The van der Waals surface area contributed by atoms with E-state index >= 15 is 0 Å². The van der Waals surface area contributed by atoms with E-state index in [1.165, 1.54) is 72.5 Å². The number of rotatable bonds is 10. The highest BCUT2D eigenvalue weighted by Crippen LogP contribution is 2.38. The Hall–Kier alpha value is -4.20. The van der Waals surface area contributed by atoms with E-state index in [1.54, 1.807) is 25.3 Å². The highest BCUT2D eigenvalue weighted by atomic mass is 32.2. The minimum Gasteiger partial charge on any atom is -0.497 e. The van der Waals surface area contributed by atoms with Gasteiger partial charge in [0, 0.05) is 24.2 Å². The van der Waals surface area contributed by atoms with Crippen molar-refractivity contribution in [3.63, 3.8) is 0 Å². The van der Waals surface area contributed by atoms with E-state index in [0.29, 0.717) is 52.3 Å². The molecule has 0 radical (unpaired) electrons. The summed E-state index contributed by atoms with van der Waals surface area (Å²) in [6, 6.07) is 14.8. The van der Waals surface area contributed by atoms with E-state index < -0.39 is 15.9 Å². The van der Waals surface area contributed by atoms with Crippen LogP contribution < -0.4 is 24.0 Å². The Morgan fingerprint density at radius 3 is 2.14 bits per heavy atom. The molecular formula is C31H34N4O7S2. The van der Waals surface area contributed by atoms with Crippen LogP contribution in [0.4, 0.5) is 5.13 Å². The summed E-state index contributed by atoms with van der Waals surface area (Å²) in [6.07, 6.45) is 5.20. The number of benzene rings is 3. The lowest BCUT2D eigenvalue weighted by molar-refractivity contribution is 0.0987. The molecule has 0 N–H and O–H groups in total. The lowest BCUT2D eigenvalue weighted by Gasteiger charge is -2.20. The van der Waals surface area contributed by atoms with Crippen molar-refractivity contribution in [3.8, 4) is 23.0 Å². The van der Waals surface area contributed by atoms with Crippen LogP contribution in [0.3, 0.4) is 0 Å². The maximum Gasteiger partial charge on any atom is 0.280 e. The average molecular weight is 639 g/mol. The van der Waals surface area contributed by atoms with Crippen molar-refractivity contribution in [3.05, 3.63) is 65.7 Å². The molecule has 0 aliphatic carbocycles. The summed E-state index contributed by atoms with van der Waals surface area (Å²) in [6.45, 7) is 0.990. The molecule has 11 nitrogen and oxygen atoms in total. The fraction of sp³-hybridized carbons (Fsp3) is 0.323. The number of anilines is 1. The van der Waals surface area contributed by atoms with Crippen LogP contribution in [0.1, 0.15) is 41.6 Å². The van der Waals surface area contributed by atoms with E-state index in [2.05, 4.69) is 10.1 Å². The van der Waals surface area contributed by atoms with Crippen molar-refractivity contribution in [1.82, 2.24) is 9.29 Å². The number of hydrazone groups is 1. The number of carbonyl (C=O) groups excluding carboxylic acids is 1. The van der Waals surface area contributed by atoms with Gasteiger partial charge in [0.25, 0.3) is 5.91 Å². The number of aromatic nitrogens is 1. The van der Waals surface area contributed by atoms with Gasteiger partial charge in [0.05, 0.1) is 49.8 Å². The number of thiazole rings is 1. The van der Waals surface area contributed by atoms with Gasteiger partial charge in [-0.25, -0.2) is 13.4 Å². The molecule has 1 amide bonds. The van der Waals surface area contributed by atoms with Crippen LogP contribution >= 0.6 is 11.3 Å². The summed E-state index contributed by atoms with van der Waals surface area (Å²) in [5.41, 5.74) is 1.50. The second-order valence-corrected chi connectivity index (χ2v) is 12.9. The van der Waals surface area contributed by atoms with Crippen LogP contribution in [0.25, 0.3) is 10.2 Å². The Kier molecular flexibility index (Phi) is 9.67. The molecule has 44 heavy (non-hydrogen) atoms. The zero-order valence-corrected chi connectivity index (χ0v) is 26.6. The van der Waals surface area contributed by atoms with Gasteiger partial charge < -0.3 is 18.9 Å². The molecule has 1 aliphatic heterocycles. The van der Waals surface area contributed by atoms with Crippen LogP contribution in [-0.4, -0.2) is 71.4 Å². The van der Waals surface area contributed by atoms with E-state index in [4.69, 9.17) is 18.9 Å². The van der Waals surface area contributed by atoms with Crippen molar-refractivity contribution in [2.75, 3.05) is 46.5 Å². The van der Waals surface area contributed by atoms with Gasteiger partial charge in [-0.15, -0.1) is 0 Å². The zero-order chi connectivity index (χ0) is 31.3. The maximum absolute atomic E-state index is 13.9. The molecule has 1 saturated heterocycles. The van der Waals surface area contributed by atoms with Crippen LogP contribution in [0.2, 0.25) is 0 Å². The number of hydrogen-bond donors (Lipinski definition) is 0. The maximum atomic E-state index is 13.9. The van der Waals surface area contributed by atoms with Crippen LogP contribution in [0, 0.1) is 0 Å². The van der Waals surface area contributed by atoms with Gasteiger partial charge in [-0.2, -0.15) is 14.4 Å². The fourth-order valence-electron chi connectivity index (χ4n) is 4.92. The molecule has 3 aromatic carbocycles. The van der Waals surface area contributed by atoms with Crippen molar-refractivity contribution in [2.45, 2.75) is 30.6 Å². The summed E-state index contributed by atoms with van der Waals surface area (Å²) in [5, 5.41) is 6.05. The standard InChI is InChI=1S/C31H34N4O7S2/c1-39-23-11-14-25-28(19-23)43-31(33-25)35(32-20-21-17-26(40-2)29(42-4)27(18-21)41-3)30(36)22-9-12-24(13-10-22)44(37,38)34-15-7-5-6-8-16-34/h9-14,17-20H,5-8,15-16H2,1-4H3/b32-20+. The highest BCUT2D eigenvalue weighted by molar-refractivity contribution is 7.89. The molecule has 1 aliphatic rings. The number of fused-ring (bicyclic) bond motifs is 1. The Balaban J connectivity index is 1.51. The third-order valence-corrected chi connectivity index (χ3v) is 10.2. The molecule has 0 bridgehead atoms. The van der Waals surface area contributed by atoms with Gasteiger partial charge in [0.2, 0.25) is 20.9 Å². The molecule has 1 fully saturated rings. The molecule has 0 spiro atoms. The van der Waals surface area contributed by atoms with Gasteiger partial charge in [0.1, 0.15) is 5.75 Å². The molecule has 2 heterocycles. The summed E-state index contributed by atoms with van der Waals surface area (Å²) >= 11 is 1.27.